The van der Waals surface area contributed by atoms with Crippen molar-refractivity contribution >= 4 is 34.9 Å². The van der Waals surface area contributed by atoms with E-state index in [9.17, 15) is 9.59 Å². The van der Waals surface area contributed by atoms with Crippen LogP contribution in [0.1, 0.15) is 17.3 Å². The van der Waals surface area contributed by atoms with E-state index in [1.807, 2.05) is 6.07 Å². The lowest BCUT2D eigenvalue weighted by molar-refractivity contribution is -0.118. The van der Waals surface area contributed by atoms with Crippen molar-refractivity contribution in [3.8, 4) is 5.75 Å². The van der Waals surface area contributed by atoms with E-state index in [2.05, 4.69) is 10.2 Å². The second kappa shape index (κ2) is 10.1. The van der Waals surface area contributed by atoms with Gasteiger partial charge in [-0.1, -0.05) is 23.7 Å². The summed E-state index contributed by atoms with van der Waals surface area (Å²) in [7, 11) is 0. The van der Waals surface area contributed by atoms with Crippen LogP contribution in [0.3, 0.4) is 0 Å². The zero-order valence-corrected chi connectivity index (χ0v) is 16.9. The quantitative estimate of drug-likeness (QED) is 0.695. The normalized spacial score (nSPS) is 13.7. The predicted octanol–water partition coefficient (Wildman–Crippen LogP) is 3.37. The molecule has 0 unspecified atom stereocenters. The summed E-state index contributed by atoms with van der Waals surface area (Å²) in [4.78, 5) is 26.7. The number of hydrogen-bond donors (Lipinski definition) is 1. The number of para-hydroxylation sites is 1. The van der Waals surface area contributed by atoms with E-state index in [0.29, 0.717) is 48.3 Å². The molecule has 0 saturated carbocycles. The van der Waals surface area contributed by atoms with Gasteiger partial charge in [-0.3, -0.25) is 4.79 Å². The minimum atomic E-state index is -0.441. The van der Waals surface area contributed by atoms with Crippen LogP contribution in [0, 0.1) is 0 Å². The summed E-state index contributed by atoms with van der Waals surface area (Å²) in [6.07, 6.45) is 0. The third kappa shape index (κ3) is 5.62. The molecule has 1 amide bonds. The van der Waals surface area contributed by atoms with E-state index in [4.69, 9.17) is 25.8 Å². The average Bonchev–Trinajstić information content (AvgIpc) is 2.74. The lowest BCUT2D eigenvalue weighted by Gasteiger charge is -2.30. The van der Waals surface area contributed by atoms with Crippen LogP contribution < -0.4 is 15.0 Å². The van der Waals surface area contributed by atoms with Crippen molar-refractivity contribution in [2.24, 2.45) is 0 Å². The standard InChI is InChI=1S/C21H23ClN2O5/c1-2-28-21(26)15-7-8-18(24-9-11-27-12-10-24)17(13-15)23-20(25)14-29-19-6-4-3-5-16(19)22/h3-8,13H,2,9-12,14H2,1H3,(H,23,25). The maximum atomic E-state index is 12.5. The fourth-order valence-corrected chi connectivity index (χ4v) is 3.14. The van der Waals surface area contributed by atoms with Crippen LogP contribution in [0.15, 0.2) is 42.5 Å². The Hall–Kier alpha value is -2.77. The lowest BCUT2D eigenvalue weighted by atomic mass is 10.1. The Bertz CT molecular complexity index is 868. The highest BCUT2D eigenvalue weighted by atomic mass is 35.5. The number of carbonyl (C=O) groups is 2. The van der Waals surface area contributed by atoms with Gasteiger partial charge in [-0.15, -0.1) is 0 Å². The van der Waals surface area contributed by atoms with Gasteiger partial charge in [0.25, 0.3) is 5.91 Å². The van der Waals surface area contributed by atoms with Gasteiger partial charge < -0.3 is 24.4 Å². The van der Waals surface area contributed by atoms with Crippen molar-refractivity contribution in [1.29, 1.82) is 0 Å². The molecule has 8 heteroatoms. The molecule has 0 atom stereocenters. The molecular weight excluding hydrogens is 396 g/mol. The van der Waals surface area contributed by atoms with Crippen LogP contribution in [0.25, 0.3) is 0 Å². The monoisotopic (exact) mass is 418 g/mol. The molecule has 1 fully saturated rings. The topological polar surface area (TPSA) is 77.1 Å². The van der Waals surface area contributed by atoms with Crippen molar-refractivity contribution in [2.45, 2.75) is 6.92 Å². The molecule has 3 rings (SSSR count). The molecule has 1 saturated heterocycles. The molecule has 154 valence electrons. The molecule has 2 aromatic rings. The largest absolute Gasteiger partial charge is 0.482 e. The molecular formula is C21H23ClN2O5. The Balaban J connectivity index is 1.76. The zero-order chi connectivity index (χ0) is 20.6. The first kappa shape index (κ1) is 21.0. The summed E-state index contributed by atoms with van der Waals surface area (Å²) in [5, 5.41) is 3.27. The Kier molecular flexibility index (Phi) is 7.32. The number of benzene rings is 2. The van der Waals surface area contributed by atoms with Crippen molar-refractivity contribution in [1.82, 2.24) is 0 Å². The number of morpholine rings is 1. The van der Waals surface area contributed by atoms with Gasteiger partial charge in [0.2, 0.25) is 0 Å². The zero-order valence-electron chi connectivity index (χ0n) is 16.2. The average molecular weight is 419 g/mol. The predicted molar refractivity (Wildman–Crippen MR) is 111 cm³/mol. The molecule has 29 heavy (non-hydrogen) atoms. The van der Waals surface area contributed by atoms with E-state index < -0.39 is 5.97 Å². The molecule has 1 N–H and O–H groups in total. The molecule has 1 heterocycles. The summed E-state index contributed by atoms with van der Waals surface area (Å²) in [6, 6.07) is 12.1. The first-order chi connectivity index (χ1) is 14.1. The van der Waals surface area contributed by atoms with Gasteiger partial charge >= 0.3 is 5.97 Å². The smallest absolute Gasteiger partial charge is 0.338 e. The molecule has 0 bridgehead atoms. The number of esters is 1. The summed E-state index contributed by atoms with van der Waals surface area (Å²) in [5.74, 6) is -0.373. The van der Waals surface area contributed by atoms with Crippen molar-refractivity contribution in [3.05, 3.63) is 53.1 Å². The van der Waals surface area contributed by atoms with E-state index in [1.54, 1.807) is 43.3 Å². The van der Waals surface area contributed by atoms with E-state index >= 15 is 0 Å². The second-order valence-corrected chi connectivity index (χ2v) is 6.73. The van der Waals surface area contributed by atoms with E-state index in [0.717, 1.165) is 5.69 Å². The number of amides is 1. The fraction of sp³-hybridized carbons (Fsp3) is 0.333. The van der Waals surface area contributed by atoms with Gasteiger partial charge in [0.1, 0.15) is 5.75 Å². The first-order valence-electron chi connectivity index (χ1n) is 9.39. The van der Waals surface area contributed by atoms with Crippen LogP contribution in [0.5, 0.6) is 5.75 Å². The number of hydrogen-bond acceptors (Lipinski definition) is 6. The summed E-state index contributed by atoms with van der Waals surface area (Å²) in [6.45, 7) is 4.39. The number of anilines is 2. The number of halogens is 1. The van der Waals surface area contributed by atoms with Gasteiger partial charge in [0.05, 0.1) is 41.8 Å². The van der Waals surface area contributed by atoms with Crippen LogP contribution in [-0.2, 0) is 14.3 Å². The van der Waals surface area contributed by atoms with Crippen LogP contribution in [0.4, 0.5) is 11.4 Å². The Morgan fingerprint density at radius 2 is 1.93 bits per heavy atom. The highest BCUT2D eigenvalue weighted by molar-refractivity contribution is 6.32. The minimum Gasteiger partial charge on any atom is -0.482 e. The number of ether oxygens (including phenoxy) is 3. The summed E-state index contributed by atoms with van der Waals surface area (Å²) < 4.78 is 16.0. The van der Waals surface area contributed by atoms with Crippen LogP contribution in [-0.4, -0.2) is 51.4 Å². The highest BCUT2D eigenvalue weighted by Gasteiger charge is 2.19. The van der Waals surface area contributed by atoms with Crippen molar-refractivity contribution < 1.29 is 23.8 Å². The molecule has 0 aromatic heterocycles. The third-order valence-electron chi connectivity index (χ3n) is 4.33. The SMILES string of the molecule is CCOC(=O)c1ccc(N2CCOCC2)c(NC(=O)COc2ccccc2Cl)c1. The van der Waals surface area contributed by atoms with Gasteiger partial charge in [-0.05, 0) is 37.3 Å². The lowest BCUT2D eigenvalue weighted by Crippen LogP contribution is -2.37. The fourth-order valence-electron chi connectivity index (χ4n) is 2.95. The van der Waals surface area contributed by atoms with Gasteiger partial charge in [0.15, 0.2) is 6.61 Å². The van der Waals surface area contributed by atoms with Crippen LogP contribution >= 0.6 is 11.6 Å². The number of nitrogens with zero attached hydrogens (tertiary/aromatic N) is 1. The highest BCUT2D eigenvalue weighted by Crippen LogP contribution is 2.29. The first-order valence-corrected chi connectivity index (χ1v) is 9.77. The molecule has 0 spiro atoms. The third-order valence-corrected chi connectivity index (χ3v) is 4.64. The minimum absolute atomic E-state index is 0.212. The molecule has 1 aliphatic heterocycles. The molecule has 0 radical (unpaired) electrons. The Labute approximate surface area is 174 Å². The summed E-state index contributed by atoms with van der Waals surface area (Å²) in [5.41, 5.74) is 1.70. The van der Waals surface area contributed by atoms with Crippen molar-refractivity contribution in [2.75, 3.05) is 49.7 Å². The van der Waals surface area contributed by atoms with Crippen LogP contribution in [0.2, 0.25) is 5.02 Å². The maximum absolute atomic E-state index is 12.5. The van der Waals surface area contributed by atoms with Gasteiger partial charge in [-0.25, -0.2) is 4.79 Å². The van der Waals surface area contributed by atoms with Gasteiger partial charge in [0, 0.05) is 13.1 Å². The van der Waals surface area contributed by atoms with E-state index in [-0.39, 0.29) is 19.1 Å². The second-order valence-electron chi connectivity index (χ2n) is 6.32. The van der Waals surface area contributed by atoms with E-state index in [1.165, 1.54) is 0 Å². The van der Waals surface area contributed by atoms with Gasteiger partial charge in [-0.2, -0.15) is 0 Å². The molecule has 1 aliphatic rings. The maximum Gasteiger partial charge on any atom is 0.338 e. The van der Waals surface area contributed by atoms with Crippen molar-refractivity contribution in [3.63, 3.8) is 0 Å². The Morgan fingerprint density at radius 1 is 1.17 bits per heavy atom. The Morgan fingerprint density at radius 3 is 2.66 bits per heavy atom. The molecule has 7 nitrogen and oxygen atoms in total. The summed E-state index contributed by atoms with van der Waals surface area (Å²) >= 11 is 6.05. The number of carbonyl (C=O) groups excluding carboxylic acids is 2. The number of rotatable bonds is 7. The number of nitrogens with one attached hydrogen (secondary N) is 1. The molecule has 2 aromatic carbocycles. The molecule has 0 aliphatic carbocycles.